The minimum absolute atomic E-state index is 0.137. The van der Waals surface area contributed by atoms with Crippen LogP contribution in [-0.4, -0.2) is 26.2 Å². The van der Waals surface area contributed by atoms with Crippen molar-refractivity contribution in [3.63, 3.8) is 0 Å². The highest BCUT2D eigenvalue weighted by Gasteiger charge is 2.35. The minimum Gasteiger partial charge on any atom is -0.467 e. The molecule has 1 amide bonds. The molecular weight excluding hydrogens is 400 g/mol. The minimum atomic E-state index is -0.349. The number of aromatic nitrogens is 2. The van der Waals surface area contributed by atoms with Gasteiger partial charge in [0.15, 0.2) is 0 Å². The molecule has 0 spiro atoms. The molecule has 1 atom stereocenters. The number of hydrogen-bond acceptors (Lipinski definition) is 6. The van der Waals surface area contributed by atoms with Gasteiger partial charge in [0.25, 0.3) is 11.5 Å². The lowest BCUT2D eigenvalue weighted by molar-refractivity contribution is -0.134. The molecule has 0 radical (unpaired) electrons. The maximum atomic E-state index is 13.2. The fourth-order valence-electron chi connectivity index (χ4n) is 3.57. The molecule has 1 aliphatic heterocycles. The third-order valence-electron chi connectivity index (χ3n) is 5.16. The molecule has 0 fully saturated rings. The average Bonchev–Trinajstić information content (AvgIpc) is 3.50. The van der Waals surface area contributed by atoms with Gasteiger partial charge in [0.2, 0.25) is 0 Å². The van der Waals surface area contributed by atoms with Crippen molar-refractivity contribution >= 4 is 33.2 Å². The molecule has 0 saturated carbocycles. The fourth-order valence-corrected chi connectivity index (χ4v) is 4.37. The first-order valence-corrected chi connectivity index (χ1v) is 10.4. The number of hydrazone groups is 1. The van der Waals surface area contributed by atoms with Crippen LogP contribution in [0.5, 0.6) is 0 Å². The monoisotopic (exact) mass is 418 g/mol. The maximum Gasteiger partial charge on any atom is 0.271 e. The quantitative estimate of drug-likeness (QED) is 0.506. The van der Waals surface area contributed by atoms with Crippen molar-refractivity contribution in [3.8, 4) is 0 Å². The zero-order valence-electron chi connectivity index (χ0n) is 16.2. The van der Waals surface area contributed by atoms with Gasteiger partial charge < -0.3 is 4.42 Å². The summed E-state index contributed by atoms with van der Waals surface area (Å²) in [6, 6.07) is 13.1. The standard InChI is InChI=1S/C22H18N4O3S/c1-14-4-6-15(7-5-14)17-11-18(19-3-2-9-29-19)26(24-17)20(27)12-25-13-23-16-8-10-30-21(16)22(25)28/h2-10,13,18H,11-12H2,1H3. The van der Waals surface area contributed by atoms with Crippen molar-refractivity contribution in [2.75, 3.05) is 0 Å². The van der Waals surface area contributed by atoms with Gasteiger partial charge in [-0.25, -0.2) is 9.99 Å². The first-order chi connectivity index (χ1) is 14.6. The molecule has 8 heteroatoms. The number of furan rings is 1. The average molecular weight is 418 g/mol. The normalized spacial score (nSPS) is 16.2. The molecule has 0 N–H and O–H groups in total. The molecular formula is C22H18N4O3S. The van der Waals surface area contributed by atoms with Crippen molar-refractivity contribution in [2.24, 2.45) is 5.10 Å². The van der Waals surface area contributed by atoms with Gasteiger partial charge >= 0.3 is 0 Å². The van der Waals surface area contributed by atoms with E-state index in [4.69, 9.17) is 4.42 Å². The first-order valence-electron chi connectivity index (χ1n) is 9.53. The van der Waals surface area contributed by atoms with Gasteiger partial charge in [-0.05, 0) is 36.1 Å². The van der Waals surface area contributed by atoms with Gasteiger partial charge in [-0.2, -0.15) is 5.10 Å². The molecule has 1 aromatic carbocycles. The van der Waals surface area contributed by atoms with Gasteiger partial charge in [0.1, 0.15) is 23.0 Å². The highest BCUT2D eigenvalue weighted by molar-refractivity contribution is 7.17. The third kappa shape index (κ3) is 3.25. The predicted molar refractivity (Wildman–Crippen MR) is 115 cm³/mol. The van der Waals surface area contributed by atoms with Crippen molar-refractivity contribution in [2.45, 2.75) is 25.9 Å². The summed E-state index contributed by atoms with van der Waals surface area (Å²) >= 11 is 1.32. The number of aryl methyl sites for hydroxylation is 1. The second-order valence-electron chi connectivity index (χ2n) is 7.20. The van der Waals surface area contributed by atoms with Gasteiger partial charge in [-0.3, -0.25) is 14.2 Å². The van der Waals surface area contributed by atoms with Crippen LogP contribution in [0.3, 0.4) is 0 Å². The zero-order chi connectivity index (χ0) is 20.7. The number of nitrogens with zero attached hydrogens (tertiary/aromatic N) is 4. The summed E-state index contributed by atoms with van der Waals surface area (Å²) < 4.78 is 7.45. The van der Waals surface area contributed by atoms with E-state index in [-0.39, 0.29) is 24.1 Å². The second kappa shape index (κ2) is 7.38. The molecule has 0 saturated heterocycles. The van der Waals surface area contributed by atoms with E-state index in [2.05, 4.69) is 10.1 Å². The molecule has 4 heterocycles. The Morgan fingerprint density at radius 3 is 2.83 bits per heavy atom. The van der Waals surface area contributed by atoms with E-state index in [1.165, 1.54) is 27.2 Å². The first kappa shape index (κ1) is 18.5. The molecule has 150 valence electrons. The molecule has 5 rings (SSSR count). The van der Waals surface area contributed by atoms with E-state index in [1.807, 2.05) is 42.6 Å². The molecule has 0 aliphatic carbocycles. The zero-order valence-corrected chi connectivity index (χ0v) is 17.0. The van der Waals surface area contributed by atoms with E-state index in [0.717, 1.165) is 16.8 Å². The highest BCUT2D eigenvalue weighted by Crippen LogP contribution is 2.33. The van der Waals surface area contributed by atoms with Crippen molar-refractivity contribution < 1.29 is 9.21 Å². The number of carbonyl (C=O) groups is 1. The van der Waals surface area contributed by atoms with Crippen LogP contribution in [0.2, 0.25) is 0 Å². The number of amides is 1. The molecule has 3 aromatic heterocycles. The molecule has 7 nitrogen and oxygen atoms in total. The van der Waals surface area contributed by atoms with Crippen molar-refractivity contribution in [1.82, 2.24) is 14.6 Å². The Kier molecular flexibility index (Phi) is 4.55. The number of fused-ring (bicyclic) bond motifs is 1. The Morgan fingerprint density at radius 1 is 1.23 bits per heavy atom. The Hall–Kier alpha value is -3.52. The van der Waals surface area contributed by atoms with Crippen LogP contribution in [0.4, 0.5) is 0 Å². The topological polar surface area (TPSA) is 80.7 Å². The molecule has 1 unspecified atom stereocenters. The Morgan fingerprint density at radius 2 is 2.07 bits per heavy atom. The van der Waals surface area contributed by atoms with E-state index >= 15 is 0 Å². The van der Waals surface area contributed by atoms with Crippen LogP contribution in [0.15, 0.2) is 74.7 Å². The van der Waals surface area contributed by atoms with Gasteiger partial charge in [0, 0.05) is 6.42 Å². The molecule has 30 heavy (non-hydrogen) atoms. The van der Waals surface area contributed by atoms with Crippen LogP contribution >= 0.6 is 11.3 Å². The van der Waals surface area contributed by atoms with E-state index in [0.29, 0.717) is 22.4 Å². The Bertz CT molecular complexity index is 1300. The van der Waals surface area contributed by atoms with E-state index in [1.54, 1.807) is 18.4 Å². The summed E-state index contributed by atoms with van der Waals surface area (Å²) in [6.45, 7) is 1.89. The van der Waals surface area contributed by atoms with Gasteiger partial charge in [-0.1, -0.05) is 29.8 Å². The largest absolute Gasteiger partial charge is 0.467 e. The maximum absolute atomic E-state index is 13.2. The van der Waals surface area contributed by atoms with Crippen molar-refractivity contribution in [3.05, 3.63) is 87.7 Å². The molecule has 4 aromatic rings. The molecule has 1 aliphatic rings. The Labute approximate surface area is 175 Å². The van der Waals surface area contributed by atoms with Gasteiger partial charge in [-0.15, -0.1) is 11.3 Å². The fraction of sp³-hybridized carbons (Fsp3) is 0.182. The summed E-state index contributed by atoms with van der Waals surface area (Å²) in [7, 11) is 0. The second-order valence-corrected chi connectivity index (χ2v) is 8.12. The summed E-state index contributed by atoms with van der Waals surface area (Å²) in [6.07, 6.45) is 3.54. The molecule has 0 bridgehead atoms. The Balaban J connectivity index is 1.48. The number of benzene rings is 1. The van der Waals surface area contributed by atoms with Crippen LogP contribution < -0.4 is 5.56 Å². The number of thiophene rings is 1. The summed E-state index contributed by atoms with van der Waals surface area (Å²) in [5, 5.41) is 7.86. The predicted octanol–water partition coefficient (Wildman–Crippen LogP) is 3.74. The third-order valence-corrected chi connectivity index (χ3v) is 6.06. The van der Waals surface area contributed by atoms with Crippen LogP contribution in [0.25, 0.3) is 10.2 Å². The smallest absolute Gasteiger partial charge is 0.271 e. The summed E-state index contributed by atoms with van der Waals surface area (Å²) in [5.74, 6) is 0.367. The number of rotatable bonds is 4. The summed E-state index contributed by atoms with van der Waals surface area (Å²) in [4.78, 5) is 30.1. The summed E-state index contributed by atoms with van der Waals surface area (Å²) in [5.41, 5.74) is 3.35. The van der Waals surface area contributed by atoms with E-state index in [9.17, 15) is 9.59 Å². The lowest BCUT2D eigenvalue weighted by Crippen LogP contribution is -2.33. The highest BCUT2D eigenvalue weighted by atomic mass is 32.1. The van der Waals surface area contributed by atoms with Gasteiger partial charge in [0.05, 0.1) is 23.8 Å². The number of carbonyl (C=O) groups excluding carboxylic acids is 1. The number of hydrogen-bond donors (Lipinski definition) is 0. The van der Waals surface area contributed by atoms with Crippen molar-refractivity contribution in [1.29, 1.82) is 0 Å². The van der Waals surface area contributed by atoms with Crippen LogP contribution in [-0.2, 0) is 11.3 Å². The van der Waals surface area contributed by atoms with Crippen LogP contribution in [0, 0.1) is 6.92 Å². The van der Waals surface area contributed by atoms with Crippen LogP contribution in [0.1, 0.15) is 29.3 Å². The van der Waals surface area contributed by atoms with E-state index < -0.39 is 0 Å². The lowest BCUT2D eigenvalue weighted by atomic mass is 10.0. The lowest BCUT2D eigenvalue weighted by Gasteiger charge is -2.20. The SMILES string of the molecule is Cc1ccc(C2=NN(C(=O)Cn3cnc4ccsc4c3=O)C(c3ccco3)C2)cc1.